The van der Waals surface area contributed by atoms with Gasteiger partial charge in [0, 0.05) is 18.7 Å². The van der Waals surface area contributed by atoms with E-state index < -0.39 is 0 Å². The highest BCUT2D eigenvalue weighted by Crippen LogP contribution is 2.29. The van der Waals surface area contributed by atoms with Crippen molar-refractivity contribution in [2.75, 3.05) is 44.8 Å². The Morgan fingerprint density at radius 1 is 1.10 bits per heavy atom. The first-order valence-electron chi connectivity index (χ1n) is 10.1. The van der Waals surface area contributed by atoms with Gasteiger partial charge in [-0.15, -0.1) is 0 Å². The number of fused-ring (bicyclic) bond motifs is 1. The molecule has 31 heavy (non-hydrogen) atoms. The van der Waals surface area contributed by atoms with Crippen molar-refractivity contribution in [2.24, 2.45) is 0 Å². The zero-order valence-corrected chi connectivity index (χ0v) is 17.9. The van der Waals surface area contributed by atoms with Crippen LogP contribution in [0.15, 0.2) is 42.5 Å². The molecule has 0 unspecified atom stereocenters. The molecule has 1 aliphatic heterocycles. The van der Waals surface area contributed by atoms with Crippen LogP contribution in [0.5, 0.6) is 11.5 Å². The van der Waals surface area contributed by atoms with Crippen LogP contribution in [0.25, 0.3) is 10.2 Å². The van der Waals surface area contributed by atoms with Gasteiger partial charge in [0.15, 0.2) is 11.7 Å². The van der Waals surface area contributed by atoms with E-state index in [2.05, 4.69) is 10.3 Å². The molecule has 1 saturated heterocycles. The van der Waals surface area contributed by atoms with Gasteiger partial charge in [0.2, 0.25) is 0 Å². The number of carbonyl (C=O) groups is 2. The summed E-state index contributed by atoms with van der Waals surface area (Å²) in [7, 11) is 0. The molecule has 8 nitrogen and oxygen atoms in total. The van der Waals surface area contributed by atoms with E-state index in [-0.39, 0.29) is 18.4 Å². The van der Waals surface area contributed by atoms with Crippen LogP contribution in [0.1, 0.15) is 17.3 Å². The molecule has 9 heteroatoms. The van der Waals surface area contributed by atoms with Crippen LogP contribution in [0.3, 0.4) is 0 Å². The van der Waals surface area contributed by atoms with Gasteiger partial charge in [0.25, 0.3) is 11.8 Å². The lowest BCUT2D eigenvalue weighted by molar-refractivity contribution is -0.118. The lowest BCUT2D eigenvalue weighted by Gasteiger charge is -2.26. The average molecular weight is 442 g/mol. The number of amides is 2. The van der Waals surface area contributed by atoms with Gasteiger partial charge in [-0.2, -0.15) is 0 Å². The predicted octanol–water partition coefficient (Wildman–Crippen LogP) is 3.18. The van der Waals surface area contributed by atoms with Crippen molar-refractivity contribution in [2.45, 2.75) is 6.92 Å². The largest absolute Gasteiger partial charge is 0.494 e. The second kappa shape index (κ2) is 9.76. The van der Waals surface area contributed by atoms with Crippen LogP contribution in [0.2, 0.25) is 0 Å². The Hall–Kier alpha value is -3.17. The van der Waals surface area contributed by atoms with E-state index in [9.17, 15) is 9.59 Å². The van der Waals surface area contributed by atoms with Gasteiger partial charge in [-0.3, -0.25) is 14.9 Å². The molecule has 2 heterocycles. The minimum absolute atomic E-state index is 0.0316. The van der Waals surface area contributed by atoms with E-state index in [1.165, 1.54) is 11.3 Å². The predicted molar refractivity (Wildman–Crippen MR) is 118 cm³/mol. The number of rotatable bonds is 7. The van der Waals surface area contributed by atoms with Crippen molar-refractivity contribution in [3.8, 4) is 11.5 Å². The Morgan fingerprint density at radius 3 is 2.58 bits per heavy atom. The van der Waals surface area contributed by atoms with Crippen LogP contribution in [0.4, 0.5) is 5.13 Å². The maximum absolute atomic E-state index is 12.5. The van der Waals surface area contributed by atoms with Gasteiger partial charge < -0.3 is 19.1 Å². The van der Waals surface area contributed by atoms with E-state index >= 15 is 0 Å². The van der Waals surface area contributed by atoms with Crippen molar-refractivity contribution in [1.82, 2.24) is 9.88 Å². The third-order valence-electron chi connectivity index (χ3n) is 4.69. The monoisotopic (exact) mass is 441 g/mol. The molecule has 1 fully saturated rings. The van der Waals surface area contributed by atoms with E-state index in [1.807, 2.05) is 25.1 Å². The van der Waals surface area contributed by atoms with E-state index in [4.69, 9.17) is 14.2 Å². The molecule has 0 aliphatic carbocycles. The standard InChI is InChI=1S/C22H23N3O5S/c1-2-29-17-7-8-18-19(13-17)31-22(23-18)24-20(26)14-30-16-5-3-15(4-6-16)21(27)25-9-11-28-12-10-25/h3-8,13H,2,9-12,14H2,1H3,(H,23,24,26). The first kappa shape index (κ1) is 21.1. The number of hydrogen-bond donors (Lipinski definition) is 1. The highest BCUT2D eigenvalue weighted by molar-refractivity contribution is 7.22. The molecular weight excluding hydrogens is 418 g/mol. The summed E-state index contributed by atoms with van der Waals surface area (Å²) in [5, 5.41) is 3.26. The average Bonchev–Trinajstić information content (AvgIpc) is 3.20. The Morgan fingerprint density at radius 2 is 1.84 bits per heavy atom. The van der Waals surface area contributed by atoms with Crippen LogP contribution in [0, 0.1) is 0 Å². The molecule has 1 N–H and O–H groups in total. The number of benzene rings is 2. The van der Waals surface area contributed by atoms with Crippen LogP contribution >= 0.6 is 11.3 Å². The molecule has 0 spiro atoms. The van der Waals surface area contributed by atoms with Gasteiger partial charge in [0.05, 0.1) is 30.0 Å². The zero-order valence-electron chi connectivity index (χ0n) is 17.1. The molecule has 0 radical (unpaired) electrons. The third-order valence-corrected chi connectivity index (χ3v) is 5.62. The minimum Gasteiger partial charge on any atom is -0.494 e. The topological polar surface area (TPSA) is 90.0 Å². The molecule has 1 aromatic heterocycles. The molecule has 3 aromatic rings. The van der Waals surface area contributed by atoms with Crippen LogP contribution in [-0.2, 0) is 9.53 Å². The minimum atomic E-state index is -0.308. The first-order chi connectivity index (χ1) is 15.1. The summed E-state index contributed by atoms with van der Waals surface area (Å²) in [5.74, 6) is 0.947. The van der Waals surface area contributed by atoms with Gasteiger partial charge in [-0.25, -0.2) is 4.98 Å². The highest BCUT2D eigenvalue weighted by Gasteiger charge is 2.18. The SMILES string of the molecule is CCOc1ccc2nc(NC(=O)COc3ccc(C(=O)N4CCOCC4)cc3)sc2c1. The summed E-state index contributed by atoms with van der Waals surface area (Å²) in [4.78, 5) is 30.9. The molecule has 4 rings (SSSR count). The fourth-order valence-corrected chi connectivity index (χ4v) is 4.07. The number of ether oxygens (including phenoxy) is 3. The van der Waals surface area contributed by atoms with Gasteiger partial charge in [-0.1, -0.05) is 11.3 Å². The fraction of sp³-hybridized carbons (Fsp3) is 0.318. The number of morpholine rings is 1. The van der Waals surface area contributed by atoms with Crippen LogP contribution in [-0.4, -0.2) is 61.2 Å². The summed E-state index contributed by atoms with van der Waals surface area (Å²) in [6.45, 7) is 4.67. The zero-order chi connectivity index (χ0) is 21.6. The summed E-state index contributed by atoms with van der Waals surface area (Å²) >= 11 is 1.38. The molecule has 0 saturated carbocycles. The van der Waals surface area contributed by atoms with Crippen molar-refractivity contribution in [3.63, 3.8) is 0 Å². The van der Waals surface area contributed by atoms with Crippen molar-refractivity contribution in [1.29, 1.82) is 0 Å². The second-order valence-electron chi connectivity index (χ2n) is 6.85. The molecule has 0 bridgehead atoms. The van der Waals surface area contributed by atoms with Crippen molar-refractivity contribution >= 4 is 38.5 Å². The Kier molecular flexibility index (Phi) is 6.63. The molecule has 2 aromatic carbocycles. The van der Waals surface area contributed by atoms with E-state index in [0.29, 0.717) is 49.4 Å². The molecule has 1 aliphatic rings. The highest BCUT2D eigenvalue weighted by atomic mass is 32.1. The fourth-order valence-electron chi connectivity index (χ4n) is 3.16. The number of aromatic nitrogens is 1. The van der Waals surface area contributed by atoms with Gasteiger partial charge in [0.1, 0.15) is 11.5 Å². The van der Waals surface area contributed by atoms with Gasteiger partial charge in [-0.05, 0) is 49.4 Å². The van der Waals surface area contributed by atoms with E-state index in [0.717, 1.165) is 16.0 Å². The third kappa shape index (κ3) is 5.31. The second-order valence-corrected chi connectivity index (χ2v) is 7.88. The van der Waals surface area contributed by atoms with Crippen LogP contribution < -0.4 is 14.8 Å². The summed E-state index contributed by atoms with van der Waals surface area (Å²) in [6, 6.07) is 12.4. The first-order valence-corrected chi connectivity index (χ1v) is 10.9. The quantitative estimate of drug-likeness (QED) is 0.606. The number of thiazole rings is 1. The van der Waals surface area contributed by atoms with Crippen molar-refractivity contribution < 1.29 is 23.8 Å². The van der Waals surface area contributed by atoms with Gasteiger partial charge >= 0.3 is 0 Å². The Labute approximate surface area is 183 Å². The lowest BCUT2D eigenvalue weighted by Crippen LogP contribution is -2.40. The maximum atomic E-state index is 12.5. The normalized spacial score (nSPS) is 13.8. The lowest BCUT2D eigenvalue weighted by atomic mass is 10.2. The number of nitrogens with zero attached hydrogens (tertiary/aromatic N) is 2. The summed E-state index contributed by atoms with van der Waals surface area (Å²) in [5.41, 5.74) is 1.38. The maximum Gasteiger partial charge on any atom is 0.264 e. The van der Waals surface area contributed by atoms with Crippen molar-refractivity contribution in [3.05, 3.63) is 48.0 Å². The number of nitrogens with one attached hydrogen (secondary N) is 1. The molecule has 2 amide bonds. The Bertz CT molecular complexity index is 1060. The van der Waals surface area contributed by atoms with E-state index in [1.54, 1.807) is 29.2 Å². The summed E-state index contributed by atoms with van der Waals surface area (Å²) < 4.78 is 17.2. The number of carbonyl (C=O) groups excluding carboxylic acids is 2. The summed E-state index contributed by atoms with van der Waals surface area (Å²) in [6.07, 6.45) is 0. The smallest absolute Gasteiger partial charge is 0.264 e. The Balaban J connectivity index is 1.30. The number of anilines is 1. The molecule has 162 valence electrons. The molecular formula is C22H23N3O5S. The molecule has 0 atom stereocenters. The number of hydrogen-bond acceptors (Lipinski definition) is 7.